The second-order valence-electron chi connectivity index (χ2n) is 3.31. The van der Waals surface area contributed by atoms with Gasteiger partial charge in [-0.1, -0.05) is 12.1 Å². The Morgan fingerprint density at radius 2 is 2.25 bits per heavy atom. The molecule has 0 bridgehead atoms. The van der Waals surface area contributed by atoms with Gasteiger partial charge < -0.3 is 10.4 Å². The predicted octanol–water partition coefficient (Wildman–Crippen LogP) is 1.08. The normalized spacial score (nSPS) is 20.9. The van der Waals surface area contributed by atoms with Gasteiger partial charge in [-0.3, -0.25) is 0 Å². The first kappa shape index (κ1) is 7.62. The molecule has 1 aliphatic carbocycles. The van der Waals surface area contributed by atoms with Gasteiger partial charge in [0.05, 0.1) is 0 Å². The van der Waals surface area contributed by atoms with E-state index >= 15 is 0 Å². The van der Waals surface area contributed by atoms with Crippen LogP contribution in [0.25, 0.3) is 0 Å². The summed E-state index contributed by atoms with van der Waals surface area (Å²) in [4.78, 5) is 0. The molecule has 2 rings (SSSR count). The molecule has 0 aliphatic heterocycles. The minimum absolute atomic E-state index is 0.449. The summed E-state index contributed by atoms with van der Waals surface area (Å²) in [7, 11) is 1.97. The Morgan fingerprint density at radius 1 is 1.42 bits per heavy atom. The van der Waals surface area contributed by atoms with E-state index in [0.29, 0.717) is 11.8 Å². The van der Waals surface area contributed by atoms with Crippen molar-refractivity contribution in [3.8, 4) is 5.75 Å². The van der Waals surface area contributed by atoms with Crippen LogP contribution in [0.15, 0.2) is 18.2 Å². The number of nitrogens with one attached hydrogen (secondary N) is 1. The monoisotopic (exact) mass is 163 g/mol. The lowest BCUT2D eigenvalue weighted by molar-refractivity contribution is 0.466. The van der Waals surface area contributed by atoms with Crippen molar-refractivity contribution in [1.82, 2.24) is 5.32 Å². The molecule has 0 radical (unpaired) electrons. The van der Waals surface area contributed by atoms with Crippen LogP contribution in [0.4, 0.5) is 0 Å². The highest BCUT2D eigenvalue weighted by atomic mass is 16.3. The van der Waals surface area contributed by atoms with Gasteiger partial charge in [-0.25, -0.2) is 0 Å². The second-order valence-corrected chi connectivity index (χ2v) is 3.31. The van der Waals surface area contributed by atoms with Gasteiger partial charge in [0.2, 0.25) is 0 Å². The molecule has 0 aromatic heterocycles. The molecule has 1 unspecified atom stereocenters. The summed E-state index contributed by atoms with van der Waals surface area (Å²) < 4.78 is 0. The van der Waals surface area contributed by atoms with Crippen LogP contribution < -0.4 is 5.32 Å². The van der Waals surface area contributed by atoms with Crippen molar-refractivity contribution in [3.05, 3.63) is 29.3 Å². The lowest BCUT2D eigenvalue weighted by Crippen LogP contribution is -2.24. The number of hydrogen-bond acceptors (Lipinski definition) is 2. The van der Waals surface area contributed by atoms with Crippen molar-refractivity contribution in [2.75, 3.05) is 7.05 Å². The fourth-order valence-corrected chi connectivity index (χ4v) is 1.84. The molecule has 1 aromatic carbocycles. The minimum atomic E-state index is 0.449. The zero-order valence-electron chi connectivity index (χ0n) is 7.17. The van der Waals surface area contributed by atoms with Crippen LogP contribution >= 0.6 is 0 Å². The Hall–Kier alpha value is -1.02. The first-order valence-electron chi connectivity index (χ1n) is 4.28. The van der Waals surface area contributed by atoms with Gasteiger partial charge >= 0.3 is 0 Å². The summed E-state index contributed by atoms with van der Waals surface area (Å²) in [6.07, 6.45) is 2.00. The molecule has 0 saturated heterocycles. The van der Waals surface area contributed by atoms with Crippen LogP contribution in [0.1, 0.15) is 11.1 Å². The number of hydrogen-bond donors (Lipinski definition) is 2. The maximum absolute atomic E-state index is 9.52. The summed E-state index contributed by atoms with van der Waals surface area (Å²) in [5.41, 5.74) is 2.41. The fourth-order valence-electron chi connectivity index (χ4n) is 1.84. The molecule has 0 heterocycles. The van der Waals surface area contributed by atoms with Crippen LogP contribution in [0.2, 0.25) is 0 Å². The van der Waals surface area contributed by atoms with E-state index in [2.05, 4.69) is 11.4 Å². The molecule has 12 heavy (non-hydrogen) atoms. The Morgan fingerprint density at radius 3 is 2.92 bits per heavy atom. The molecule has 2 heteroatoms. The number of phenolic OH excluding ortho intramolecular Hbond substituents is 1. The van der Waals surface area contributed by atoms with Gasteiger partial charge in [0, 0.05) is 6.04 Å². The number of rotatable bonds is 1. The zero-order valence-corrected chi connectivity index (χ0v) is 7.17. The SMILES string of the molecule is CNC1Cc2cccc(O)c2C1. The highest BCUT2D eigenvalue weighted by Crippen LogP contribution is 2.29. The molecule has 1 aliphatic rings. The lowest BCUT2D eigenvalue weighted by Gasteiger charge is -2.04. The molecular formula is C10H13NO. The van der Waals surface area contributed by atoms with Crippen molar-refractivity contribution >= 4 is 0 Å². The second kappa shape index (κ2) is 2.79. The van der Waals surface area contributed by atoms with Gasteiger partial charge in [0.15, 0.2) is 0 Å². The number of likely N-dealkylation sites (N-methyl/N-ethyl adjacent to an activating group) is 1. The minimum Gasteiger partial charge on any atom is -0.508 e. The van der Waals surface area contributed by atoms with Crippen LogP contribution in [0.5, 0.6) is 5.75 Å². The van der Waals surface area contributed by atoms with Crippen molar-refractivity contribution in [1.29, 1.82) is 0 Å². The first-order chi connectivity index (χ1) is 5.81. The largest absolute Gasteiger partial charge is 0.508 e. The number of phenols is 1. The van der Waals surface area contributed by atoms with Crippen LogP contribution in [-0.4, -0.2) is 18.2 Å². The van der Waals surface area contributed by atoms with Crippen molar-refractivity contribution in [3.63, 3.8) is 0 Å². The Bertz CT molecular complexity index is 296. The quantitative estimate of drug-likeness (QED) is 0.649. The van der Waals surface area contributed by atoms with Crippen molar-refractivity contribution < 1.29 is 5.11 Å². The fraction of sp³-hybridized carbons (Fsp3) is 0.400. The summed E-state index contributed by atoms with van der Waals surface area (Å²) >= 11 is 0. The molecule has 64 valence electrons. The molecule has 0 saturated carbocycles. The summed E-state index contributed by atoms with van der Waals surface area (Å²) in [5, 5.41) is 12.7. The molecule has 2 N–H and O–H groups in total. The van der Waals surface area contributed by atoms with E-state index in [1.807, 2.05) is 13.1 Å². The topological polar surface area (TPSA) is 32.3 Å². The van der Waals surface area contributed by atoms with E-state index in [9.17, 15) is 5.11 Å². The molecule has 0 spiro atoms. The average Bonchev–Trinajstić information content (AvgIpc) is 2.49. The highest BCUT2D eigenvalue weighted by Gasteiger charge is 2.21. The average molecular weight is 163 g/mol. The third kappa shape index (κ3) is 1.08. The Balaban J connectivity index is 2.35. The summed E-state index contributed by atoms with van der Waals surface area (Å²) in [6.45, 7) is 0. The van der Waals surface area contributed by atoms with Gasteiger partial charge in [0.25, 0.3) is 0 Å². The van der Waals surface area contributed by atoms with E-state index in [4.69, 9.17) is 0 Å². The predicted molar refractivity (Wildman–Crippen MR) is 48.4 cm³/mol. The Labute approximate surface area is 72.2 Å². The van der Waals surface area contributed by atoms with E-state index in [-0.39, 0.29) is 0 Å². The maximum atomic E-state index is 9.52. The van der Waals surface area contributed by atoms with Gasteiger partial charge in [-0.15, -0.1) is 0 Å². The number of fused-ring (bicyclic) bond motifs is 1. The lowest BCUT2D eigenvalue weighted by atomic mass is 10.1. The first-order valence-corrected chi connectivity index (χ1v) is 4.28. The van der Waals surface area contributed by atoms with Crippen molar-refractivity contribution in [2.24, 2.45) is 0 Å². The molecule has 0 fully saturated rings. The van der Waals surface area contributed by atoms with E-state index in [1.165, 1.54) is 5.56 Å². The molecular weight excluding hydrogens is 150 g/mol. The smallest absolute Gasteiger partial charge is 0.119 e. The van der Waals surface area contributed by atoms with Crippen LogP contribution in [0, 0.1) is 0 Å². The van der Waals surface area contributed by atoms with E-state index in [0.717, 1.165) is 18.4 Å². The van der Waals surface area contributed by atoms with Crippen LogP contribution in [0.3, 0.4) is 0 Å². The van der Waals surface area contributed by atoms with E-state index in [1.54, 1.807) is 6.07 Å². The summed E-state index contributed by atoms with van der Waals surface area (Å²) in [5.74, 6) is 0.449. The van der Waals surface area contributed by atoms with Gasteiger partial charge in [-0.05, 0) is 37.1 Å². The molecule has 2 nitrogen and oxygen atoms in total. The third-order valence-corrected chi connectivity index (χ3v) is 2.57. The zero-order chi connectivity index (χ0) is 8.55. The number of benzene rings is 1. The third-order valence-electron chi connectivity index (χ3n) is 2.57. The molecule has 0 amide bonds. The Kier molecular flexibility index (Phi) is 1.77. The standard InChI is InChI=1S/C10H13NO/c1-11-8-5-7-3-2-4-10(12)9(7)6-8/h2-4,8,11-12H,5-6H2,1H3. The summed E-state index contributed by atoms with van der Waals surface area (Å²) in [6, 6.07) is 6.27. The number of aromatic hydroxyl groups is 1. The molecule has 1 aromatic rings. The van der Waals surface area contributed by atoms with E-state index < -0.39 is 0 Å². The molecule has 1 atom stereocenters. The maximum Gasteiger partial charge on any atom is 0.119 e. The highest BCUT2D eigenvalue weighted by molar-refractivity contribution is 5.43. The van der Waals surface area contributed by atoms with Gasteiger partial charge in [-0.2, -0.15) is 0 Å². The van der Waals surface area contributed by atoms with Crippen molar-refractivity contribution in [2.45, 2.75) is 18.9 Å². The van der Waals surface area contributed by atoms with Crippen LogP contribution in [-0.2, 0) is 12.8 Å². The van der Waals surface area contributed by atoms with Gasteiger partial charge in [0.1, 0.15) is 5.75 Å².